The zero-order chi connectivity index (χ0) is 15.1. The molecule has 2 aromatic rings. The standard InChI is InChI=1S/C15H24N4O2/c1-20-8-3-6-19(7-9-21-2)11-15-17-13-5-4-12(16)10-14(13)18-15/h4-5,10H,3,6-9,11,16H2,1-2H3,(H,17,18). The maximum atomic E-state index is 5.79. The summed E-state index contributed by atoms with van der Waals surface area (Å²) >= 11 is 0. The number of aromatic nitrogens is 2. The summed E-state index contributed by atoms with van der Waals surface area (Å²) in [6.07, 6.45) is 0.993. The molecule has 1 aromatic carbocycles. The van der Waals surface area contributed by atoms with Gasteiger partial charge in [0.25, 0.3) is 0 Å². The van der Waals surface area contributed by atoms with Gasteiger partial charge in [-0.15, -0.1) is 0 Å². The van der Waals surface area contributed by atoms with E-state index in [0.29, 0.717) is 6.61 Å². The van der Waals surface area contributed by atoms with Gasteiger partial charge in [0, 0.05) is 39.6 Å². The van der Waals surface area contributed by atoms with E-state index in [1.165, 1.54) is 0 Å². The maximum Gasteiger partial charge on any atom is 0.121 e. The minimum absolute atomic E-state index is 0.708. The number of benzene rings is 1. The summed E-state index contributed by atoms with van der Waals surface area (Å²) in [4.78, 5) is 10.2. The number of nitrogens with one attached hydrogen (secondary N) is 1. The molecule has 6 heteroatoms. The SMILES string of the molecule is COCCCN(CCOC)Cc1nc2ccc(N)cc2[nH]1. The number of fused-ring (bicyclic) bond motifs is 1. The van der Waals surface area contributed by atoms with Crippen LogP contribution in [0.25, 0.3) is 11.0 Å². The van der Waals surface area contributed by atoms with Gasteiger partial charge in [0.1, 0.15) is 5.82 Å². The summed E-state index contributed by atoms with van der Waals surface area (Å²) in [7, 11) is 3.44. The van der Waals surface area contributed by atoms with Crippen LogP contribution in [0.3, 0.4) is 0 Å². The second-order valence-corrected chi connectivity index (χ2v) is 5.08. The molecule has 0 spiro atoms. The molecular formula is C15H24N4O2. The fraction of sp³-hybridized carbons (Fsp3) is 0.533. The normalized spacial score (nSPS) is 11.6. The minimum atomic E-state index is 0.708. The van der Waals surface area contributed by atoms with Crippen LogP contribution in [0.15, 0.2) is 18.2 Å². The largest absolute Gasteiger partial charge is 0.399 e. The molecule has 0 saturated carbocycles. The van der Waals surface area contributed by atoms with Crippen molar-refractivity contribution < 1.29 is 9.47 Å². The lowest BCUT2D eigenvalue weighted by molar-refractivity contribution is 0.128. The van der Waals surface area contributed by atoms with Gasteiger partial charge >= 0.3 is 0 Å². The Morgan fingerprint density at radius 2 is 2.00 bits per heavy atom. The first-order chi connectivity index (χ1) is 10.2. The zero-order valence-electron chi connectivity index (χ0n) is 12.8. The monoisotopic (exact) mass is 292 g/mol. The molecule has 21 heavy (non-hydrogen) atoms. The van der Waals surface area contributed by atoms with Crippen molar-refractivity contribution in [2.45, 2.75) is 13.0 Å². The minimum Gasteiger partial charge on any atom is -0.399 e. The van der Waals surface area contributed by atoms with Crippen LogP contribution in [-0.2, 0) is 16.0 Å². The quantitative estimate of drug-likeness (QED) is 0.542. The van der Waals surface area contributed by atoms with E-state index in [0.717, 1.165) is 55.2 Å². The Kier molecular flexibility index (Phi) is 5.98. The molecule has 2 rings (SSSR count). The molecule has 1 aromatic heterocycles. The van der Waals surface area contributed by atoms with E-state index in [2.05, 4.69) is 14.9 Å². The third-order valence-electron chi connectivity index (χ3n) is 3.36. The van der Waals surface area contributed by atoms with Gasteiger partial charge in [0.05, 0.1) is 24.2 Å². The Balaban J connectivity index is 2.02. The number of rotatable bonds is 9. The van der Waals surface area contributed by atoms with Gasteiger partial charge in [-0.1, -0.05) is 0 Å². The molecule has 0 amide bonds. The Bertz CT molecular complexity index is 556. The highest BCUT2D eigenvalue weighted by Gasteiger charge is 2.09. The molecule has 0 aliphatic heterocycles. The average Bonchev–Trinajstić information content (AvgIpc) is 2.86. The highest BCUT2D eigenvalue weighted by molar-refractivity contribution is 5.78. The Hall–Kier alpha value is -1.63. The smallest absolute Gasteiger partial charge is 0.121 e. The third-order valence-corrected chi connectivity index (χ3v) is 3.36. The first-order valence-corrected chi connectivity index (χ1v) is 7.17. The number of anilines is 1. The number of imidazole rings is 1. The number of hydrogen-bond acceptors (Lipinski definition) is 5. The molecule has 3 N–H and O–H groups in total. The van der Waals surface area contributed by atoms with E-state index in [-0.39, 0.29) is 0 Å². The summed E-state index contributed by atoms with van der Waals surface area (Å²) in [5.74, 6) is 0.948. The number of hydrogen-bond donors (Lipinski definition) is 2. The summed E-state index contributed by atoms with van der Waals surface area (Å²) in [6.45, 7) is 4.07. The fourth-order valence-electron chi connectivity index (χ4n) is 2.29. The van der Waals surface area contributed by atoms with E-state index >= 15 is 0 Å². The first kappa shape index (κ1) is 15.8. The predicted molar refractivity (Wildman–Crippen MR) is 84.2 cm³/mol. The summed E-state index contributed by atoms with van der Waals surface area (Å²) < 4.78 is 10.3. The molecule has 0 aliphatic carbocycles. The van der Waals surface area contributed by atoms with Crippen molar-refractivity contribution in [3.8, 4) is 0 Å². The van der Waals surface area contributed by atoms with Crippen LogP contribution in [0.4, 0.5) is 5.69 Å². The summed E-state index contributed by atoms with van der Waals surface area (Å²) in [5, 5.41) is 0. The van der Waals surface area contributed by atoms with E-state index in [1.54, 1.807) is 14.2 Å². The van der Waals surface area contributed by atoms with Crippen LogP contribution in [0.2, 0.25) is 0 Å². The van der Waals surface area contributed by atoms with Crippen molar-refractivity contribution in [1.29, 1.82) is 0 Å². The number of ether oxygens (including phenoxy) is 2. The fourth-order valence-corrected chi connectivity index (χ4v) is 2.29. The number of methoxy groups -OCH3 is 2. The molecule has 0 saturated heterocycles. The van der Waals surface area contributed by atoms with Crippen LogP contribution in [0, 0.1) is 0 Å². The van der Waals surface area contributed by atoms with Gasteiger partial charge in [0.2, 0.25) is 0 Å². The van der Waals surface area contributed by atoms with Gasteiger partial charge in [-0.25, -0.2) is 4.98 Å². The Morgan fingerprint density at radius 1 is 1.19 bits per heavy atom. The molecule has 0 fully saturated rings. The highest BCUT2D eigenvalue weighted by atomic mass is 16.5. The molecule has 116 valence electrons. The zero-order valence-corrected chi connectivity index (χ0v) is 12.8. The van der Waals surface area contributed by atoms with Gasteiger partial charge in [-0.3, -0.25) is 4.90 Å². The van der Waals surface area contributed by atoms with E-state index in [1.807, 2.05) is 18.2 Å². The van der Waals surface area contributed by atoms with E-state index in [9.17, 15) is 0 Å². The van der Waals surface area contributed by atoms with Gasteiger partial charge in [-0.2, -0.15) is 0 Å². The molecule has 6 nitrogen and oxygen atoms in total. The van der Waals surface area contributed by atoms with Crippen LogP contribution in [0.1, 0.15) is 12.2 Å². The Morgan fingerprint density at radius 3 is 2.76 bits per heavy atom. The van der Waals surface area contributed by atoms with Gasteiger partial charge < -0.3 is 20.2 Å². The van der Waals surface area contributed by atoms with Crippen LogP contribution in [-0.4, -0.2) is 55.4 Å². The summed E-state index contributed by atoms with van der Waals surface area (Å²) in [5.41, 5.74) is 8.46. The number of aromatic amines is 1. The third kappa shape index (κ3) is 4.70. The molecule has 0 radical (unpaired) electrons. The predicted octanol–water partition coefficient (Wildman–Crippen LogP) is 1.63. The number of nitrogen functional groups attached to an aromatic ring is 1. The van der Waals surface area contributed by atoms with Crippen molar-refractivity contribution in [3.05, 3.63) is 24.0 Å². The molecule has 0 atom stereocenters. The topological polar surface area (TPSA) is 76.4 Å². The van der Waals surface area contributed by atoms with Crippen molar-refractivity contribution >= 4 is 16.7 Å². The lowest BCUT2D eigenvalue weighted by Gasteiger charge is -2.20. The van der Waals surface area contributed by atoms with E-state index in [4.69, 9.17) is 15.2 Å². The lowest BCUT2D eigenvalue weighted by atomic mass is 10.3. The number of nitrogens with two attached hydrogens (primary N) is 1. The second kappa shape index (κ2) is 7.97. The van der Waals surface area contributed by atoms with Gasteiger partial charge in [0.15, 0.2) is 0 Å². The van der Waals surface area contributed by atoms with Crippen LogP contribution >= 0.6 is 0 Å². The molecule has 0 bridgehead atoms. The molecular weight excluding hydrogens is 268 g/mol. The van der Waals surface area contributed by atoms with Crippen LogP contribution in [0.5, 0.6) is 0 Å². The van der Waals surface area contributed by atoms with Crippen molar-refractivity contribution in [2.75, 3.05) is 46.3 Å². The Labute approximate surface area is 125 Å². The number of H-pyrrole nitrogens is 1. The summed E-state index contributed by atoms with van der Waals surface area (Å²) in [6, 6.07) is 5.72. The van der Waals surface area contributed by atoms with Crippen molar-refractivity contribution in [1.82, 2.24) is 14.9 Å². The maximum absolute atomic E-state index is 5.79. The molecule has 0 aliphatic rings. The van der Waals surface area contributed by atoms with Crippen molar-refractivity contribution in [2.24, 2.45) is 0 Å². The average molecular weight is 292 g/mol. The first-order valence-electron chi connectivity index (χ1n) is 7.17. The molecule has 0 unspecified atom stereocenters. The van der Waals surface area contributed by atoms with Crippen molar-refractivity contribution in [3.63, 3.8) is 0 Å². The second-order valence-electron chi connectivity index (χ2n) is 5.08. The van der Waals surface area contributed by atoms with E-state index < -0.39 is 0 Å². The highest BCUT2D eigenvalue weighted by Crippen LogP contribution is 2.15. The number of nitrogens with zero attached hydrogens (tertiary/aromatic N) is 2. The van der Waals surface area contributed by atoms with Gasteiger partial charge in [-0.05, 0) is 24.6 Å². The molecule has 1 heterocycles. The lowest BCUT2D eigenvalue weighted by Crippen LogP contribution is -2.29. The van der Waals surface area contributed by atoms with Crippen LogP contribution < -0.4 is 5.73 Å².